The first-order valence-electron chi connectivity index (χ1n) is 3.66. The van der Waals surface area contributed by atoms with Crippen molar-refractivity contribution < 1.29 is 1.43 Å². The minimum atomic E-state index is 0. The minimum Gasteiger partial charge on any atom is -0.278 e. The zero-order valence-corrected chi connectivity index (χ0v) is 7.09. The Bertz CT molecular complexity index is 206. The fourth-order valence-corrected chi connectivity index (χ4v) is 0.632. The largest absolute Gasteiger partial charge is 0.278 e. The number of rotatable bonds is 2. The lowest BCUT2D eigenvalue weighted by molar-refractivity contribution is 1.08. The summed E-state index contributed by atoms with van der Waals surface area (Å²) in [6.45, 7) is 11.2. The summed E-state index contributed by atoms with van der Waals surface area (Å²) >= 11 is 0. The third-order valence-corrected chi connectivity index (χ3v) is 1.12. The van der Waals surface area contributed by atoms with Gasteiger partial charge in [0.05, 0.1) is 11.9 Å². The van der Waals surface area contributed by atoms with E-state index in [-0.39, 0.29) is 1.43 Å². The van der Waals surface area contributed by atoms with Crippen molar-refractivity contribution in [2.75, 3.05) is 0 Å². The lowest BCUT2D eigenvalue weighted by Crippen LogP contribution is -1.72. The van der Waals surface area contributed by atoms with Crippen molar-refractivity contribution in [3.63, 3.8) is 0 Å². The van der Waals surface area contributed by atoms with Gasteiger partial charge in [-0.1, -0.05) is 33.1 Å². The lowest BCUT2D eigenvalue weighted by Gasteiger charge is -1.84. The van der Waals surface area contributed by atoms with E-state index in [0.29, 0.717) is 0 Å². The maximum absolute atomic E-state index is 3.80. The van der Waals surface area contributed by atoms with Crippen molar-refractivity contribution in [3.8, 4) is 0 Å². The van der Waals surface area contributed by atoms with Crippen LogP contribution < -0.4 is 0 Å². The summed E-state index contributed by atoms with van der Waals surface area (Å²) < 4.78 is 0. The molecule has 0 aromatic carbocycles. The molecule has 0 aliphatic rings. The van der Waals surface area contributed by atoms with E-state index < -0.39 is 0 Å². The molecule has 0 saturated heterocycles. The second-order valence-corrected chi connectivity index (χ2v) is 1.65. The van der Waals surface area contributed by atoms with Gasteiger partial charge in [-0.3, -0.25) is 5.10 Å². The molecule has 0 atom stereocenters. The van der Waals surface area contributed by atoms with Crippen LogP contribution in [0.15, 0.2) is 19.4 Å². The van der Waals surface area contributed by atoms with Crippen LogP contribution >= 0.6 is 0 Å². The van der Waals surface area contributed by atoms with Gasteiger partial charge < -0.3 is 0 Å². The fourth-order valence-electron chi connectivity index (χ4n) is 0.632. The Balaban J connectivity index is 0. The lowest BCUT2D eigenvalue weighted by atomic mass is 10.2. The van der Waals surface area contributed by atoms with Crippen molar-refractivity contribution in [2.45, 2.75) is 13.8 Å². The second kappa shape index (κ2) is 5.47. The number of nitrogens with one attached hydrogen (secondary N) is 1. The maximum Gasteiger partial charge on any atom is 0.0644 e. The molecule has 2 heteroatoms. The van der Waals surface area contributed by atoms with E-state index >= 15 is 0 Å². The van der Waals surface area contributed by atoms with Crippen molar-refractivity contribution in [1.29, 1.82) is 0 Å². The first kappa shape index (κ1) is 9.69. The zero-order chi connectivity index (χ0) is 8.69. The molecule has 0 fully saturated rings. The van der Waals surface area contributed by atoms with Gasteiger partial charge in [-0.15, -0.1) is 0 Å². The van der Waals surface area contributed by atoms with Gasteiger partial charge in [0.15, 0.2) is 0 Å². The normalized spacial score (nSPS) is 7.82. The van der Waals surface area contributed by atoms with Crippen molar-refractivity contribution in [2.24, 2.45) is 0 Å². The van der Waals surface area contributed by atoms with Crippen LogP contribution in [-0.4, -0.2) is 10.2 Å². The molecular weight excluding hydrogens is 136 g/mol. The van der Waals surface area contributed by atoms with Crippen LogP contribution in [0.1, 0.15) is 26.5 Å². The maximum atomic E-state index is 3.80. The number of hydrogen-bond acceptors (Lipinski definition) is 1. The van der Waals surface area contributed by atoms with Crippen LogP contribution in [0.25, 0.3) is 12.2 Å². The Kier molecular flexibility index (Phi) is 4.82. The molecule has 0 spiro atoms. The van der Waals surface area contributed by atoms with Crippen LogP contribution in [0.5, 0.6) is 0 Å². The molecule has 1 heterocycles. The highest BCUT2D eigenvalue weighted by Crippen LogP contribution is 2.05. The van der Waals surface area contributed by atoms with Gasteiger partial charge >= 0.3 is 0 Å². The molecule has 1 rings (SSSR count). The van der Waals surface area contributed by atoms with Crippen LogP contribution in [0.2, 0.25) is 0 Å². The predicted octanol–water partition coefficient (Wildman–Crippen LogP) is 2.97. The molecule has 1 aromatic heterocycles. The van der Waals surface area contributed by atoms with Gasteiger partial charge in [-0.2, -0.15) is 5.10 Å². The molecular formula is C9H16N2. The predicted molar refractivity (Wildman–Crippen MR) is 52.2 cm³/mol. The summed E-state index contributed by atoms with van der Waals surface area (Å²) in [4.78, 5) is 0. The fraction of sp³-hybridized carbons (Fsp3) is 0.222. The summed E-state index contributed by atoms with van der Waals surface area (Å²) in [5.74, 6) is 0. The molecule has 0 radical (unpaired) electrons. The molecule has 0 aliphatic heterocycles. The van der Waals surface area contributed by atoms with E-state index in [9.17, 15) is 0 Å². The van der Waals surface area contributed by atoms with E-state index in [4.69, 9.17) is 0 Å². The quantitative estimate of drug-likeness (QED) is 0.693. The van der Waals surface area contributed by atoms with Crippen LogP contribution in [0.3, 0.4) is 0 Å². The Morgan fingerprint density at radius 2 is 2.09 bits per heavy atom. The van der Waals surface area contributed by atoms with E-state index in [1.54, 1.807) is 18.3 Å². The van der Waals surface area contributed by atoms with Crippen molar-refractivity contribution in [1.82, 2.24) is 10.2 Å². The standard InChI is InChI=1S/C7H8N2.C2H6.H2/c1-3-6-5-8-9-7(6)4-2;1-2;/h3-5H,1-2H2,(H,8,9);1-2H3;1H. The number of H-pyrrole nitrogens is 1. The number of aromatic nitrogens is 2. The van der Waals surface area contributed by atoms with Crippen LogP contribution in [0, 0.1) is 0 Å². The highest BCUT2D eigenvalue weighted by molar-refractivity contribution is 5.59. The zero-order valence-electron chi connectivity index (χ0n) is 7.09. The van der Waals surface area contributed by atoms with E-state index in [2.05, 4.69) is 23.4 Å². The third-order valence-electron chi connectivity index (χ3n) is 1.12. The van der Waals surface area contributed by atoms with Gasteiger partial charge in [0.25, 0.3) is 0 Å². The third kappa shape index (κ3) is 2.42. The second-order valence-electron chi connectivity index (χ2n) is 1.65. The SMILES string of the molecule is C=Cc1cn[nH]c1C=C.CC.[HH]. The average molecular weight is 152 g/mol. The first-order valence-corrected chi connectivity index (χ1v) is 3.66. The molecule has 2 nitrogen and oxygen atoms in total. The summed E-state index contributed by atoms with van der Waals surface area (Å²) in [5, 5.41) is 6.56. The minimum absolute atomic E-state index is 0. The van der Waals surface area contributed by atoms with Crippen molar-refractivity contribution in [3.05, 3.63) is 30.6 Å². The smallest absolute Gasteiger partial charge is 0.0644 e. The highest BCUT2D eigenvalue weighted by atomic mass is 15.1. The van der Waals surface area contributed by atoms with E-state index in [1.807, 2.05) is 13.8 Å². The topological polar surface area (TPSA) is 28.7 Å². The first-order chi connectivity index (χ1) is 5.38. The molecule has 0 unspecified atom stereocenters. The molecule has 0 aliphatic carbocycles. The van der Waals surface area contributed by atoms with Gasteiger partial charge in [0.1, 0.15) is 0 Å². The summed E-state index contributed by atoms with van der Waals surface area (Å²) in [7, 11) is 0. The van der Waals surface area contributed by atoms with Gasteiger partial charge in [0.2, 0.25) is 0 Å². The van der Waals surface area contributed by atoms with Crippen molar-refractivity contribution >= 4 is 12.2 Å². The number of nitrogens with zero attached hydrogens (tertiary/aromatic N) is 1. The van der Waals surface area contributed by atoms with Crippen LogP contribution in [0.4, 0.5) is 0 Å². The van der Waals surface area contributed by atoms with Crippen LogP contribution in [-0.2, 0) is 0 Å². The molecule has 11 heavy (non-hydrogen) atoms. The molecule has 0 amide bonds. The summed E-state index contributed by atoms with van der Waals surface area (Å²) in [6.07, 6.45) is 5.16. The molecule has 0 saturated carbocycles. The molecule has 62 valence electrons. The monoisotopic (exact) mass is 152 g/mol. The molecule has 1 aromatic rings. The van der Waals surface area contributed by atoms with E-state index in [0.717, 1.165) is 11.3 Å². The summed E-state index contributed by atoms with van der Waals surface area (Å²) in [5.41, 5.74) is 1.91. The molecule has 0 bridgehead atoms. The van der Waals surface area contributed by atoms with Gasteiger partial charge in [-0.05, 0) is 6.08 Å². The Labute approximate surface area is 69.1 Å². The Morgan fingerprint density at radius 3 is 2.45 bits per heavy atom. The highest BCUT2D eigenvalue weighted by Gasteiger charge is 1.92. The Hall–Kier alpha value is -1.31. The number of aromatic amines is 1. The van der Waals surface area contributed by atoms with Gasteiger partial charge in [0, 0.05) is 6.99 Å². The number of hydrogen-bond donors (Lipinski definition) is 1. The Morgan fingerprint density at radius 1 is 1.45 bits per heavy atom. The summed E-state index contributed by atoms with van der Waals surface area (Å²) in [6, 6.07) is 0. The average Bonchev–Trinajstić information content (AvgIpc) is 2.54. The molecule has 1 N–H and O–H groups in total. The van der Waals surface area contributed by atoms with Gasteiger partial charge in [-0.25, -0.2) is 0 Å². The van der Waals surface area contributed by atoms with E-state index in [1.165, 1.54) is 0 Å².